The molecule has 3 heteroatoms. The smallest absolute Gasteiger partial charge is 0.166 e. The number of anilines is 1. The molecule has 1 aromatic rings. The minimum absolute atomic E-state index is 0.166. The molecule has 0 atom stereocenters. The van der Waals surface area contributed by atoms with Crippen LogP contribution in [-0.4, -0.2) is 12.7 Å². The Morgan fingerprint density at radius 3 is 2.44 bits per heavy atom. The van der Waals surface area contributed by atoms with Gasteiger partial charge in [0.15, 0.2) is 11.5 Å². The molecule has 88 valence electrons. The molecule has 0 saturated heterocycles. The molecule has 2 rings (SSSR count). The fourth-order valence-electron chi connectivity index (χ4n) is 2.35. The van der Waals surface area contributed by atoms with E-state index in [0.29, 0.717) is 0 Å². The van der Waals surface area contributed by atoms with E-state index in [1.807, 2.05) is 13.8 Å². The Hall–Kier alpha value is -1.38. The van der Waals surface area contributed by atoms with E-state index in [1.54, 1.807) is 7.11 Å². The number of hydrogen-bond acceptors (Lipinski definition) is 3. The molecule has 0 fully saturated rings. The molecule has 0 aromatic heterocycles. The molecule has 1 aromatic carbocycles. The third-order valence-electron chi connectivity index (χ3n) is 3.27. The van der Waals surface area contributed by atoms with Gasteiger partial charge in [0, 0.05) is 23.2 Å². The minimum Gasteiger partial charge on any atom is -0.492 e. The number of rotatable bonds is 1. The van der Waals surface area contributed by atoms with Gasteiger partial charge in [0.2, 0.25) is 0 Å². The van der Waals surface area contributed by atoms with E-state index < -0.39 is 0 Å². The summed E-state index contributed by atoms with van der Waals surface area (Å²) in [6.07, 6.45) is 0.884. The van der Waals surface area contributed by atoms with Crippen molar-refractivity contribution in [3.63, 3.8) is 0 Å². The van der Waals surface area contributed by atoms with E-state index >= 15 is 0 Å². The van der Waals surface area contributed by atoms with Crippen LogP contribution >= 0.6 is 0 Å². The van der Waals surface area contributed by atoms with E-state index in [1.165, 1.54) is 5.56 Å². The van der Waals surface area contributed by atoms with Crippen molar-refractivity contribution >= 4 is 5.69 Å². The zero-order valence-electron chi connectivity index (χ0n) is 10.6. The standard InChI is InChI=1S/C13H19NO2/c1-7-9-6-13(3,4)16-12(9)11(15-5)8(2)10(7)14/h6,14H2,1-5H3. The first kappa shape index (κ1) is 11.1. The van der Waals surface area contributed by atoms with Gasteiger partial charge in [-0.1, -0.05) is 0 Å². The Morgan fingerprint density at radius 2 is 1.88 bits per heavy atom. The molecular weight excluding hydrogens is 202 g/mol. The van der Waals surface area contributed by atoms with E-state index in [9.17, 15) is 0 Å². The highest BCUT2D eigenvalue weighted by Crippen LogP contribution is 2.47. The third kappa shape index (κ3) is 1.42. The number of methoxy groups -OCH3 is 1. The first-order valence-corrected chi connectivity index (χ1v) is 5.52. The average molecular weight is 221 g/mol. The molecule has 1 aliphatic rings. The summed E-state index contributed by atoms with van der Waals surface area (Å²) in [6, 6.07) is 0. The molecule has 0 radical (unpaired) electrons. The third-order valence-corrected chi connectivity index (χ3v) is 3.27. The van der Waals surface area contributed by atoms with Crippen molar-refractivity contribution in [2.24, 2.45) is 0 Å². The van der Waals surface area contributed by atoms with Gasteiger partial charge in [-0.2, -0.15) is 0 Å². The van der Waals surface area contributed by atoms with E-state index in [-0.39, 0.29) is 5.60 Å². The summed E-state index contributed by atoms with van der Waals surface area (Å²) in [5, 5.41) is 0. The summed E-state index contributed by atoms with van der Waals surface area (Å²) in [5.41, 5.74) is 10.0. The van der Waals surface area contributed by atoms with Crippen LogP contribution < -0.4 is 15.2 Å². The Bertz CT molecular complexity index is 450. The van der Waals surface area contributed by atoms with Crippen LogP contribution in [0.4, 0.5) is 5.69 Å². The van der Waals surface area contributed by atoms with Crippen LogP contribution in [-0.2, 0) is 6.42 Å². The van der Waals surface area contributed by atoms with Crippen LogP contribution in [0.25, 0.3) is 0 Å². The van der Waals surface area contributed by atoms with Gasteiger partial charge in [-0.05, 0) is 33.3 Å². The Kier molecular flexibility index (Phi) is 2.30. The molecule has 0 aliphatic carbocycles. The molecule has 16 heavy (non-hydrogen) atoms. The van der Waals surface area contributed by atoms with Gasteiger partial charge in [-0.25, -0.2) is 0 Å². The van der Waals surface area contributed by atoms with Crippen LogP contribution in [0.1, 0.15) is 30.5 Å². The quantitative estimate of drug-likeness (QED) is 0.741. The van der Waals surface area contributed by atoms with Crippen molar-refractivity contribution < 1.29 is 9.47 Å². The largest absolute Gasteiger partial charge is 0.492 e. The molecule has 0 saturated carbocycles. The van der Waals surface area contributed by atoms with Crippen molar-refractivity contribution in [1.29, 1.82) is 0 Å². The molecule has 0 bridgehead atoms. The highest BCUT2D eigenvalue weighted by molar-refractivity contribution is 5.69. The van der Waals surface area contributed by atoms with Crippen molar-refractivity contribution in [2.75, 3.05) is 12.8 Å². The van der Waals surface area contributed by atoms with Gasteiger partial charge in [-0.15, -0.1) is 0 Å². The summed E-state index contributed by atoms with van der Waals surface area (Å²) in [4.78, 5) is 0. The molecule has 0 spiro atoms. The van der Waals surface area contributed by atoms with Gasteiger partial charge >= 0.3 is 0 Å². The monoisotopic (exact) mass is 221 g/mol. The predicted molar refractivity (Wildman–Crippen MR) is 65.3 cm³/mol. The second kappa shape index (κ2) is 3.30. The first-order chi connectivity index (χ1) is 7.37. The highest BCUT2D eigenvalue weighted by atomic mass is 16.5. The van der Waals surface area contributed by atoms with E-state index in [0.717, 1.165) is 34.7 Å². The summed E-state index contributed by atoms with van der Waals surface area (Å²) in [5.74, 6) is 1.65. The zero-order valence-corrected chi connectivity index (χ0v) is 10.6. The van der Waals surface area contributed by atoms with Crippen LogP contribution in [0.2, 0.25) is 0 Å². The maximum atomic E-state index is 6.08. The lowest BCUT2D eigenvalue weighted by molar-refractivity contribution is 0.134. The van der Waals surface area contributed by atoms with E-state index in [2.05, 4.69) is 13.8 Å². The van der Waals surface area contributed by atoms with Crippen molar-refractivity contribution in [1.82, 2.24) is 0 Å². The van der Waals surface area contributed by atoms with Crippen LogP contribution in [0.15, 0.2) is 0 Å². The van der Waals surface area contributed by atoms with Crippen LogP contribution in [0, 0.1) is 13.8 Å². The Morgan fingerprint density at radius 1 is 1.25 bits per heavy atom. The molecule has 1 aliphatic heterocycles. The summed E-state index contributed by atoms with van der Waals surface area (Å²) >= 11 is 0. The number of nitrogen functional groups attached to an aromatic ring is 1. The SMILES string of the molecule is COc1c(C)c(N)c(C)c2c1OC(C)(C)C2. The molecule has 0 amide bonds. The molecular formula is C13H19NO2. The molecule has 2 N–H and O–H groups in total. The zero-order chi connectivity index (χ0) is 12.1. The maximum absolute atomic E-state index is 6.08. The predicted octanol–water partition coefficient (Wildman–Crippen LogP) is 2.61. The van der Waals surface area contributed by atoms with Crippen molar-refractivity contribution in [3.8, 4) is 11.5 Å². The highest BCUT2D eigenvalue weighted by Gasteiger charge is 2.35. The average Bonchev–Trinajstić information content (AvgIpc) is 2.52. The minimum atomic E-state index is -0.166. The number of fused-ring (bicyclic) bond motifs is 1. The number of nitrogens with two attached hydrogens (primary N) is 1. The van der Waals surface area contributed by atoms with Crippen LogP contribution in [0.5, 0.6) is 11.5 Å². The molecule has 1 heterocycles. The first-order valence-electron chi connectivity index (χ1n) is 5.52. The van der Waals surface area contributed by atoms with Gasteiger partial charge in [0.25, 0.3) is 0 Å². The number of benzene rings is 1. The van der Waals surface area contributed by atoms with Crippen molar-refractivity contribution in [3.05, 3.63) is 16.7 Å². The Labute approximate surface area is 96.5 Å². The van der Waals surface area contributed by atoms with Crippen LogP contribution in [0.3, 0.4) is 0 Å². The van der Waals surface area contributed by atoms with Gasteiger partial charge in [0.1, 0.15) is 5.60 Å². The number of ether oxygens (including phenoxy) is 2. The fourth-order valence-corrected chi connectivity index (χ4v) is 2.35. The summed E-state index contributed by atoms with van der Waals surface area (Å²) in [7, 11) is 1.66. The number of hydrogen-bond donors (Lipinski definition) is 1. The summed E-state index contributed by atoms with van der Waals surface area (Å²) < 4.78 is 11.4. The lowest BCUT2D eigenvalue weighted by Gasteiger charge is -2.18. The lowest BCUT2D eigenvalue weighted by atomic mass is 9.95. The lowest BCUT2D eigenvalue weighted by Crippen LogP contribution is -2.24. The van der Waals surface area contributed by atoms with Gasteiger partial charge in [0.05, 0.1) is 7.11 Å². The normalized spacial score (nSPS) is 16.8. The Balaban J connectivity index is 2.70. The summed E-state index contributed by atoms with van der Waals surface area (Å²) in [6.45, 7) is 8.18. The van der Waals surface area contributed by atoms with Gasteiger partial charge in [-0.3, -0.25) is 0 Å². The fraction of sp³-hybridized carbons (Fsp3) is 0.538. The molecule has 0 unspecified atom stereocenters. The van der Waals surface area contributed by atoms with Crippen molar-refractivity contribution in [2.45, 2.75) is 39.7 Å². The topological polar surface area (TPSA) is 44.5 Å². The van der Waals surface area contributed by atoms with Gasteiger partial charge < -0.3 is 15.2 Å². The molecule has 3 nitrogen and oxygen atoms in total. The second-order valence-electron chi connectivity index (χ2n) is 5.04. The maximum Gasteiger partial charge on any atom is 0.166 e. The second-order valence-corrected chi connectivity index (χ2v) is 5.04. The van der Waals surface area contributed by atoms with E-state index in [4.69, 9.17) is 15.2 Å².